The van der Waals surface area contributed by atoms with E-state index in [0.717, 1.165) is 5.56 Å². The second kappa shape index (κ2) is 5.98. The van der Waals surface area contributed by atoms with Crippen LogP contribution in [0.1, 0.15) is 32.6 Å². The first-order valence-electron chi connectivity index (χ1n) is 7.25. The molecule has 1 aromatic rings. The van der Waals surface area contributed by atoms with Crippen molar-refractivity contribution in [2.24, 2.45) is 0 Å². The molecule has 0 atom stereocenters. The molecule has 4 heteroatoms. The molecule has 2 rings (SSSR count). The zero-order valence-electron chi connectivity index (χ0n) is 13.2. The molecule has 1 aliphatic rings. The first-order chi connectivity index (χ1) is 9.29. The van der Waals surface area contributed by atoms with Gasteiger partial charge in [-0.1, -0.05) is 51.1 Å². The van der Waals surface area contributed by atoms with Crippen LogP contribution in [0.25, 0.3) is 0 Å². The van der Waals surface area contributed by atoms with Crippen LogP contribution < -0.4 is 0 Å². The second-order valence-corrected chi connectivity index (χ2v) is 11.7. The lowest BCUT2D eigenvalue weighted by Crippen LogP contribution is -2.47. The second-order valence-electron chi connectivity index (χ2n) is 6.91. The smallest absolute Gasteiger partial charge is 0.192 e. The zero-order valence-corrected chi connectivity index (χ0v) is 14.2. The summed E-state index contributed by atoms with van der Waals surface area (Å²) in [7, 11) is -1.75. The van der Waals surface area contributed by atoms with Crippen molar-refractivity contribution in [1.82, 2.24) is 0 Å². The van der Waals surface area contributed by atoms with Crippen LogP contribution in [0.4, 0.5) is 0 Å². The van der Waals surface area contributed by atoms with E-state index in [1.54, 1.807) is 0 Å². The Labute approximate surface area is 123 Å². The molecule has 0 saturated carbocycles. The van der Waals surface area contributed by atoms with Crippen LogP contribution in [-0.4, -0.2) is 27.6 Å². The van der Waals surface area contributed by atoms with Gasteiger partial charge in [0.05, 0.1) is 19.3 Å². The van der Waals surface area contributed by atoms with Gasteiger partial charge in [0.1, 0.15) is 0 Å². The van der Waals surface area contributed by atoms with Gasteiger partial charge in [-0.25, -0.2) is 0 Å². The third-order valence-corrected chi connectivity index (χ3v) is 8.74. The summed E-state index contributed by atoms with van der Waals surface area (Å²) in [6, 6.07) is 10.1. The van der Waals surface area contributed by atoms with Gasteiger partial charge in [-0.05, 0) is 18.1 Å². The highest BCUT2D eigenvalue weighted by Crippen LogP contribution is 2.38. The fourth-order valence-corrected chi connectivity index (χ4v) is 3.27. The van der Waals surface area contributed by atoms with Gasteiger partial charge in [-0.15, -0.1) is 0 Å². The molecule has 0 aromatic heterocycles. The monoisotopic (exact) mass is 294 g/mol. The lowest BCUT2D eigenvalue weighted by atomic mass is 10.2. The SMILES string of the molecule is CC(C)(C)[Si](C)(C)OC1COC(c2ccccc2)OC1. The van der Waals surface area contributed by atoms with E-state index in [4.69, 9.17) is 13.9 Å². The van der Waals surface area contributed by atoms with Gasteiger partial charge in [-0.3, -0.25) is 0 Å². The van der Waals surface area contributed by atoms with Gasteiger partial charge in [0, 0.05) is 5.56 Å². The Morgan fingerprint density at radius 2 is 1.60 bits per heavy atom. The fraction of sp³-hybridized carbons (Fsp3) is 0.625. The van der Waals surface area contributed by atoms with Crippen molar-refractivity contribution in [3.63, 3.8) is 0 Å². The van der Waals surface area contributed by atoms with Crippen molar-refractivity contribution in [2.45, 2.75) is 51.3 Å². The van der Waals surface area contributed by atoms with Crippen molar-refractivity contribution >= 4 is 8.32 Å². The molecule has 0 radical (unpaired) electrons. The van der Waals surface area contributed by atoms with Crippen molar-refractivity contribution in [2.75, 3.05) is 13.2 Å². The van der Waals surface area contributed by atoms with E-state index in [-0.39, 0.29) is 17.4 Å². The molecule has 0 aliphatic carbocycles. The van der Waals surface area contributed by atoms with Crippen LogP contribution in [0.3, 0.4) is 0 Å². The van der Waals surface area contributed by atoms with E-state index >= 15 is 0 Å². The van der Waals surface area contributed by atoms with E-state index in [1.165, 1.54) is 0 Å². The molecule has 0 N–H and O–H groups in total. The molecule has 3 nitrogen and oxygen atoms in total. The lowest BCUT2D eigenvalue weighted by Gasteiger charge is -2.41. The normalized spacial score (nSPS) is 24.6. The molecular weight excluding hydrogens is 268 g/mol. The predicted octanol–water partition coefficient (Wildman–Crippen LogP) is 4.12. The molecular formula is C16H26O3Si. The lowest BCUT2D eigenvalue weighted by molar-refractivity contribution is -0.217. The molecule has 1 aliphatic heterocycles. The van der Waals surface area contributed by atoms with Crippen LogP contribution in [0.2, 0.25) is 18.1 Å². The van der Waals surface area contributed by atoms with Crippen LogP contribution in [0.15, 0.2) is 30.3 Å². The Morgan fingerprint density at radius 1 is 1.05 bits per heavy atom. The van der Waals surface area contributed by atoms with Crippen LogP contribution >= 0.6 is 0 Å². The Hall–Kier alpha value is -0.683. The van der Waals surface area contributed by atoms with Crippen molar-refractivity contribution in [1.29, 1.82) is 0 Å². The van der Waals surface area contributed by atoms with Crippen molar-refractivity contribution in [3.8, 4) is 0 Å². The highest BCUT2D eigenvalue weighted by molar-refractivity contribution is 6.74. The number of rotatable bonds is 3. The molecule has 0 unspecified atom stereocenters. The summed E-state index contributed by atoms with van der Waals surface area (Å²) in [6.45, 7) is 12.5. The third kappa shape index (κ3) is 3.70. The summed E-state index contributed by atoms with van der Waals surface area (Å²) < 4.78 is 17.9. The Morgan fingerprint density at radius 3 is 2.10 bits per heavy atom. The zero-order chi connectivity index (χ0) is 14.8. The Balaban J connectivity index is 1.89. The molecule has 1 saturated heterocycles. The maximum absolute atomic E-state index is 6.32. The summed E-state index contributed by atoms with van der Waals surface area (Å²) in [5.41, 5.74) is 1.07. The summed E-state index contributed by atoms with van der Waals surface area (Å²) >= 11 is 0. The minimum atomic E-state index is -1.75. The van der Waals surface area contributed by atoms with Crippen LogP contribution in [-0.2, 0) is 13.9 Å². The number of benzene rings is 1. The first kappa shape index (κ1) is 15.7. The van der Waals surface area contributed by atoms with Gasteiger partial charge >= 0.3 is 0 Å². The first-order valence-corrected chi connectivity index (χ1v) is 10.2. The van der Waals surface area contributed by atoms with Crippen LogP contribution in [0, 0.1) is 0 Å². The standard InChI is InChI=1S/C16H26O3Si/c1-16(2,3)20(4,5)19-14-11-17-15(18-12-14)13-9-7-6-8-10-13/h6-10,14-15H,11-12H2,1-5H3. The van der Waals surface area contributed by atoms with Crippen LogP contribution in [0.5, 0.6) is 0 Å². The topological polar surface area (TPSA) is 27.7 Å². The summed E-state index contributed by atoms with van der Waals surface area (Å²) in [6.07, 6.45) is -0.202. The van der Waals surface area contributed by atoms with Gasteiger partial charge in [-0.2, -0.15) is 0 Å². The molecule has 112 valence electrons. The Kier molecular flexibility index (Phi) is 4.69. The predicted molar refractivity (Wildman–Crippen MR) is 83.2 cm³/mol. The van der Waals surface area contributed by atoms with E-state index in [0.29, 0.717) is 13.2 Å². The molecule has 20 heavy (non-hydrogen) atoms. The largest absolute Gasteiger partial charge is 0.409 e. The maximum Gasteiger partial charge on any atom is 0.192 e. The van der Waals surface area contributed by atoms with E-state index in [1.807, 2.05) is 30.3 Å². The quantitative estimate of drug-likeness (QED) is 0.785. The van der Waals surface area contributed by atoms with E-state index in [9.17, 15) is 0 Å². The highest BCUT2D eigenvalue weighted by Gasteiger charge is 2.40. The van der Waals surface area contributed by atoms with E-state index < -0.39 is 8.32 Å². The molecule has 1 heterocycles. The number of hydrogen-bond donors (Lipinski definition) is 0. The summed E-state index contributed by atoms with van der Waals surface area (Å²) in [5, 5.41) is 0.212. The van der Waals surface area contributed by atoms with Gasteiger partial charge < -0.3 is 13.9 Å². The molecule has 1 aromatic carbocycles. The van der Waals surface area contributed by atoms with Gasteiger partial charge in [0.2, 0.25) is 0 Å². The van der Waals surface area contributed by atoms with E-state index in [2.05, 4.69) is 33.9 Å². The molecule has 0 amide bonds. The summed E-state index contributed by atoms with van der Waals surface area (Å²) in [5.74, 6) is 0. The third-order valence-electron chi connectivity index (χ3n) is 4.21. The highest BCUT2D eigenvalue weighted by atomic mass is 28.4. The van der Waals surface area contributed by atoms with Crippen molar-refractivity contribution < 1.29 is 13.9 Å². The molecule has 1 fully saturated rings. The maximum atomic E-state index is 6.32. The number of hydrogen-bond acceptors (Lipinski definition) is 3. The minimum Gasteiger partial charge on any atom is -0.409 e. The Bertz CT molecular complexity index is 417. The van der Waals surface area contributed by atoms with Gasteiger partial charge in [0.25, 0.3) is 0 Å². The average molecular weight is 294 g/mol. The molecule has 0 bridgehead atoms. The average Bonchev–Trinajstić information content (AvgIpc) is 2.39. The number of ether oxygens (including phenoxy) is 2. The van der Waals surface area contributed by atoms with Crippen molar-refractivity contribution in [3.05, 3.63) is 35.9 Å². The van der Waals surface area contributed by atoms with Gasteiger partial charge in [0.15, 0.2) is 14.6 Å². The fourth-order valence-electron chi connectivity index (χ4n) is 1.95. The summed E-state index contributed by atoms with van der Waals surface area (Å²) in [4.78, 5) is 0. The minimum absolute atomic E-state index is 0.0517. The molecule has 0 spiro atoms.